The van der Waals surface area contributed by atoms with Gasteiger partial charge in [0.1, 0.15) is 11.1 Å². The molecule has 2 aliphatic heterocycles. The molecule has 5 rings (SSSR count). The standard InChI is InChI=1S/C26H34F2N6O4S/c1-18(17-35)39(37,38)32-19-2-3-20(21(16-19)33-12-7-25(5-6-25)8-13-33)23(36)30-22-4-11-29-24(31-22)34-14-9-26(27,28)10-15-34/h2-4,11,16,18,32,35H,5-10,12-15,17H2,1H3,(H,29,30,31,36). The second kappa shape index (κ2) is 10.5. The summed E-state index contributed by atoms with van der Waals surface area (Å²) >= 11 is 0. The summed E-state index contributed by atoms with van der Waals surface area (Å²) in [6, 6.07) is 6.28. The molecule has 0 radical (unpaired) electrons. The van der Waals surface area contributed by atoms with Gasteiger partial charge in [-0.3, -0.25) is 9.52 Å². The van der Waals surface area contributed by atoms with Gasteiger partial charge in [0.05, 0.1) is 23.5 Å². The number of aliphatic hydroxyl groups is 1. The van der Waals surface area contributed by atoms with E-state index in [0.717, 1.165) is 25.9 Å². The van der Waals surface area contributed by atoms with Crippen molar-refractivity contribution in [3.8, 4) is 0 Å². The Hall–Kier alpha value is -3.06. The van der Waals surface area contributed by atoms with Crippen molar-refractivity contribution < 1.29 is 27.1 Å². The number of aliphatic hydroxyl groups excluding tert-OH is 1. The lowest BCUT2D eigenvalue weighted by atomic mass is 9.93. The number of amides is 1. The predicted octanol–water partition coefficient (Wildman–Crippen LogP) is 3.47. The van der Waals surface area contributed by atoms with E-state index in [1.807, 2.05) is 0 Å². The van der Waals surface area contributed by atoms with E-state index in [0.29, 0.717) is 22.4 Å². The number of carbonyl (C=O) groups excluding carboxylic acids is 1. The number of hydrogen-bond acceptors (Lipinski definition) is 8. The topological polar surface area (TPSA) is 128 Å². The molecule has 39 heavy (non-hydrogen) atoms. The van der Waals surface area contributed by atoms with E-state index in [4.69, 9.17) is 0 Å². The summed E-state index contributed by atoms with van der Waals surface area (Å²) < 4.78 is 54.7. The molecule has 1 aromatic heterocycles. The highest BCUT2D eigenvalue weighted by Gasteiger charge is 2.44. The number of nitrogens with one attached hydrogen (secondary N) is 2. The normalized spacial score (nSPS) is 20.9. The molecule has 1 spiro atoms. The Bertz CT molecular complexity index is 1320. The van der Waals surface area contributed by atoms with Gasteiger partial charge in [0.15, 0.2) is 0 Å². The lowest BCUT2D eigenvalue weighted by Crippen LogP contribution is -2.40. The van der Waals surface area contributed by atoms with Gasteiger partial charge in [-0.25, -0.2) is 22.2 Å². The maximum Gasteiger partial charge on any atom is 0.258 e. The van der Waals surface area contributed by atoms with Crippen LogP contribution in [0.2, 0.25) is 0 Å². The molecule has 13 heteroatoms. The molecule has 1 saturated carbocycles. The molecule has 10 nitrogen and oxygen atoms in total. The summed E-state index contributed by atoms with van der Waals surface area (Å²) in [6.45, 7) is 2.64. The molecule has 3 N–H and O–H groups in total. The van der Waals surface area contributed by atoms with Crippen LogP contribution in [-0.2, 0) is 10.0 Å². The molecule has 1 aliphatic carbocycles. The molecule has 2 saturated heterocycles. The zero-order valence-corrected chi connectivity index (χ0v) is 22.7. The first-order chi connectivity index (χ1) is 18.5. The van der Waals surface area contributed by atoms with Gasteiger partial charge in [0.25, 0.3) is 11.8 Å². The first kappa shape index (κ1) is 27.5. The van der Waals surface area contributed by atoms with Gasteiger partial charge in [0.2, 0.25) is 16.0 Å². The van der Waals surface area contributed by atoms with E-state index in [1.54, 1.807) is 17.0 Å². The summed E-state index contributed by atoms with van der Waals surface area (Å²) in [6.07, 6.45) is 5.38. The number of nitrogens with zero attached hydrogens (tertiary/aromatic N) is 4. The summed E-state index contributed by atoms with van der Waals surface area (Å²) in [4.78, 5) is 25.8. The quantitative estimate of drug-likeness (QED) is 0.445. The molecule has 0 bridgehead atoms. The highest BCUT2D eigenvalue weighted by atomic mass is 32.2. The lowest BCUT2D eigenvalue weighted by molar-refractivity contribution is -0.0222. The first-order valence-corrected chi connectivity index (χ1v) is 14.8. The zero-order valence-electron chi connectivity index (χ0n) is 21.9. The van der Waals surface area contributed by atoms with Crippen LogP contribution in [0.5, 0.6) is 0 Å². The third kappa shape index (κ3) is 6.24. The second-order valence-electron chi connectivity index (χ2n) is 10.9. The van der Waals surface area contributed by atoms with E-state index < -0.39 is 33.7 Å². The van der Waals surface area contributed by atoms with Gasteiger partial charge in [-0.2, -0.15) is 4.98 Å². The Balaban J connectivity index is 1.37. The Morgan fingerprint density at radius 2 is 1.72 bits per heavy atom. The minimum Gasteiger partial charge on any atom is -0.395 e. The Kier molecular flexibility index (Phi) is 7.40. The molecular formula is C26H34F2N6O4S. The number of sulfonamides is 1. The van der Waals surface area contributed by atoms with Crippen molar-refractivity contribution >= 4 is 39.1 Å². The van der Waals surface area contributed by atoms with Crippen LogP contribution in [0.15, 0.2) is 30.5 Å². The minimum atomic E-state index is -3.81. The van der Waals surface area contributed by atoms with Crippen LogP contribution >= 0.6 is 0 Å². The molecule has 1 aromatic carbocycles. The summed E-state index contributed by atoms with van der Waals surface area (Å²) in [5.41, 5.74) is 1.68. The molecular weight excluding hydrogens is 530 g/mol. The highest BCUT2D eigenvalue weighted by molar-refractivity contribution is 7.93. The molecule has 1 unspecified atom stereocenters. The number of carbonyl (C=O) groups is 1. The average Bonchev–Trinajstić information content (AvgIpc) is 3.67. The van der Waals surface area contributed by atoms with Crippen LogP contribution in [-0.4, -0.2) is 73.4 Å². The van der Waals surface area contributed by atoms with Crippen LogP contribution in [0.4, 0.5) is 31.9 Å². The van der Waals surface area contributed by atoms with Gasteiger partial charge in [0, 0.05) is 45.2 Å². The number of hydrogen-bond donors (Lipinski definition) is 3. The molecule has 3 fully saturated rings. The predicted molar refractivity (Wildman–Crippen MR) is 145 cm³/mol. The van der Waals surface area contributed by atoms with Crippen molar-refractivity contribution in [3.63, 3.8) is 0 Å². The molecule has 212 valence electrons. The van der Waals surface area contributed by atoms with Gasteiger partial charge in [-0.05, 0) is 62.3 Å². The van der Waals surface area contributed by atoms with Crippen molar-refractivity contribution in [1.29, 1.82) is 0 Å². The maximum atomic E-state index is 13.6. The first-order valence-electron chi connectivity index (χ1n) is 13.3. The number of rotatable bonds is 8. The van der Waals surface area contributed by atoms with E-state index in [9.17, 15) is 27.1 Å². The smallest absolute Gasteiger partial charge is 0.258 e. The van der Waals surface area contributed by atoms with Crippen molar-refractivity contribution in [2.45, 2.75) is 56.6 Å². The van der Waals surface area contributed by atoms with Crippen LogP contribution in [0.25, 0.3) is 0 Å². The molecule has 3 aliphatic rings. The zero-order chi connectivity index (χ0) is 27.8. The molecule has 1 atom stereocenters. The van der Waals surface area contributed by atoms with E-state index in [2.05, 4.69) is 24.9 Å². The Morgan fingerprint density at radius 1 is 1.05 bits per heavy atom. The third-order valence-electron chi connectivity index (χ3n) is 8.07. The minimum absolute atomic E-state index is 0.122. The van der Waals surface area contributed by atoms with Crippen molar-refractivity contribution in [1.82, 2.24) is 9.97 Å². The van der Waals surface area contributed by atoms with Crippen LogP contribution < -0.4 is 19.8 Å². The van der Waals surface area contributed by atoms with Crippen molar-refractivity contribution in [2.24, 2.45) is 5.41 Å². The SMILES string of the molecule is CC(CO)S(=O)(=O)Nc1ccc(C(=O)Nc2ccnc(N3CCC(F)(F)CC3)n2)c(N2CCC3(CC2)CC3)c1. The Morgan fingerprint density at radius 3 is 2.36 bits per heavy atom. The number of benzene rings is 1. The number of halogens is 2. The molecule has 1 amide bonds. The lowest BCUT2D eigenvalue weighted by Gasteiger charge is -2.35. The molecule has 2 aromatic rings. The third-order valence-corrected chi connectivity index (χ3v) is 9.80. The summed E-state index contributed by atoms with van der Waals surface area (Å²) in [7, 11) is -3.81. The van der Waals surface area contributed by atoms with Gasteiger partial charge in [-0.1, -0.05) is 0 Å². The fourth-order valence-electron chi connectivity index (χ4n) is 5.10. The van der Waals surface area contributed by atoms with Crippen LogP contribution in [0, 0.1) is 5.41 Å². The Labute approximate surface area is 226 Å². The fraction of sp³-hybridized carbons (Fsp3) is 0.577. The summed E-state index contributed by atoms with van der Waals surface area (Å²) in [5.74, 6) is -2.60. The van der Waals surface area contributed by atoms with Gasteiger partial charge < -0.3 is 20.2 Å². The van der Waals surface area contributed by atoms with Crippen molar-refractivity contribution in [2.75, 3.05) is 52.6 Å². The number of aromatic nitrogens is 2. The van der Waals surface area contributed by atoms with Crippen LogP contribution in [0.1, 0.15) is 55.8 Å². The van der Waals surface area contributed by atoms with E-state index in [-0.39, 0.29) is 37.7 Å². The monoisotopic (exact) mass is 564 g/mol. The van der Waals surface area contributed by atoms with E-state index in [1.165, 1.54) is 38.1 Å². The number of piperidine rings is 2. The number of anilines is 4. The maximum absolute atomic E-state index is 13.6. The van der Waals surface area contributed by atoms with Crippen molar-refractivity contribution in [3.05, 3.63) is 36.0 Å². The van der Waals surface area contributed by atoms with E-state index >= 15 is 0 Å². The molecule has 3 heterocycles. The largest absolute Gasteiger partial charge is 0.395 e. The van der Waals surface area contributed by atoms with Gasteiger partial charge in [-0.15, -0.1) is 0 Å². The van der Waals surface area contributed by atoms with Gasteiger partial charge >= 0.3 is 0 Å². The van der Waals surface area contributed by atoms with Crippen LogP contribution in [0.3, 0.4) is 0 Å². The average molecular weight is 565 g/mol. The highest BCUT2D eigenvalue weighted by Crippen LogP contribution is 2.54. The second-order valence-corrected chi connectivity index (χ2v) is 13.0. The number of alkyl halides is 2. The summed E-state index contributed by atoms with van der Waals surface area (Å²) in [5, 5.41) is 11.1. The fourth-order valence-corrected chi connectivity index (χ4v) is 5.95.